The summed E-state index contributed by atoms with van der Waals surface area (Å²) in [5.74, 6) is -0.837. The zero-order valence-electron chi connectivity index (χ0n) is 14.8. The molecule has 1 aromatic carbocycles. The number of aliphatic carboxylic acids is 1. The van der Waals surface area contributed by atoms with Crippen molar-refractivity contribution in [1.82, 2.24) is 14.7 Å². The number of carboxylic acids is 1. The number of hydrogen-bond acceptors (Lipinski definition) is 3. The zero-order chi connectivity index (χ0) is 18.7. The molecule has 1 saturated heterocycles. The van der Waals surface area contributed by atoms with Crippen molar-refractivity contribution in [2.24, 2.45) is 5.92 Å². The van der Waals surface area contributed by atoms with E-state index in [-0.39, 0.29) is 29.5 Å². The summed E-state index contributed by atoms with van der Waals surface area (Å²) in [6, 6.07) is 8.78. The lowest BCUT2D eigenvalue weighted by atomic mass is 9.93. The molecule has 1 aliphatic heterocycles. The second-order valence-electron chi connectivity index (χ2n) is 6.87. The maximum atomic E-state index is 12.8. The largest absolute Gasteiger partial charge is 0.481 e. The lowest BCUT2D eigenvalue weighted by molar-refractivity contribution is -0.137. The highest BCUT2D eigenvalue weighted by Crippen LogP contribution is 2.22. The Balaban J connectivity index is 1.73. The summed E-state index contributed by atoms with van der Waals surface area (Å²) in [4.78, 5) is 37.5. The third-order valence-corrected chi connectivity index (χ3v) is 4.82. The molecule has 0 spiro atoms. The van der Waals surface area contributed by atoms with Gasteiger partial charge < -0.3 is 10.0 Å². The molecular weight excluding hydrogens is 334 g/mol. The first kappa shape index (κ1) is 18.0. The van der Waals surface area contributed by atoms with Crippen molar-refractivity contribution in [2.45, 2.75) is 32.6 Å². The fraction of sp³-hybridized carbons (Fsp3) is 0.421. The van der Waals surface area contributed by atoms with Crippen LogP contribution in [0.5, 0.6) is 0 Å². The lowest BCUT2D eigenvalue weighted by Gasteiger charge is -2.32. The minimum absolute atomic E-state index is 0.118. The Morgan fingerprint density at radius 1 is 1.27 bits per heavy atom. The summed E-state index contributed by atoms with van der Waals surface area (Å²) in [5.41, 5.74) is 1.74. The van der Waals surface area contributed by atoms with Gasteiger partial charge in [0.1, 0.15) is 5.69 Å². The Bertz CT molecular complexity index is 850. The molecule has 0 bridgehead atoms. The van der Waals surface area contributed by atoms with Gasteiger partial charge in [0.05, 0.1) is 5.69 Å². The van der Waals surface area contributed by atoms with Gasteiger partial charge in [0.2, 0.25) is 0 Å². The summed E-state index contributed by atoms with van der Waals surface area (Å²) in [6.07, 6.45) is 2.46. The van der Waals surface area contributed by atoms with Gasteiger partial charge in [0, 0.05) is 25.6 Å². The number of aryl methyl sites for hydroxylation is 1. The number of carbonyl (C=O) groups excluding carboxylic acids is 1. The van der Waals surface area contributed by atoms with E-state index in [9.17, 15) is 14.4 Å². The number of carboxylic acid groups (broad SMARTS) is 1. The highest BCUT2D eigenvalue weighted by atomic mass is 16.4. The molecule has 1 aromatic heterocycles. The fourth-order valence-corrected chi connectivity index (χ4v) is 3.37. The Hall–Kier alpha value is -2.83. The standard InChI is InChI=1S/C19H23N3O4/c1-13-4-7-15(8-5-13)22-17(23)11-16(20-22)19(26)21-10-2-3-14(12-21)6-9-18(24)25/h4-5,7-8,11,14,20H,2-3,6,9-10,12H2,1H3,(H,24,25). The molecule has 3 rings (SSSR count). The summed E-state index contributed by atoms with van der Waals surface area (Å²) < 4.78 is 1.36. The summed E-state index contributed by atoms with van der Waals surface area (Å²) >= 11 is 0. The van der Waals surface area contributed by atoms with Gasteiger partial charge in [0.25, 0.3) is 11.5 Å². The Kier molecular flexibility index (Phi) is 5.25. The molecule has 26 heavy (non-hydrogen) atoms. The van der Waals surface area contributed by atoms with E-state index in [0.29, 0.717) is 25.2 Å². The van der Waals surface area contributed by atoms with Crippen molar-refractivity contribution in [3.8, 4) is 5.69 Å². The molecule has 2 heterocycles. The van der Waals surface area contributed by atoms with Crippen molar-refractivity contribution >= 4 is 11.9 Å². The average Bonchev–Trinajstić information content (AvgIpc) is 3.02. The van der Waals surface area contributed by atoms with Crippen LogP contribution in [0, 0.1) is 12.8 Å². The Morgan fingerprint density at radius 2 is 2.00 bits per heavy atom. The number of aromatic amines is 1. The molecule has 7 heteroatoms. The fourth-order valence-electron chi connectivity index (χ4n) is 3.37. The van der Waals surface area contributed by atoms with Crippen molar-refractivity contribution in [3.05, 3.63) is 51.9 Å². The topological polar surface area (TPSA) is 95.4 Å². The number of aromatic nitrogens is 2. The number of amides is 1. The van der Waals surface area contributed by atoms with Gasteiger partial charge >= 0.3 is 5.97 Å². The summed E-state index contributed by atoms with van der Waals surface area (Å²) in [5, 5.41) is 11.7. The van der Waals surface area contributed by atoms with E-state index in [0.717, 1.165) is 18.4 Å². The van der Waals surface area contributed by atoms with Crippen LogP contribution in [0.4, 0.5) is 0 Å². The number of hydrogen-bond donors (Lipinski definition) is 2. The molecule has 7 nitrogen and oxygen atoms in total. The van der Waals surface area contributed by atoms with Crippen LogP contribution in [0.25, 0.3) is 5.69 Å². The molecule has 1 amide bonds. The van der Waals surface area contributed by atoms with Crippen LogP contribution >= 0.6 is 0 Å². The number of benzene rings is 1. The van der Waals surface area contributed by atoms with Crippen LogP contribution in [0.3, 0.4) is 0 Å². The van der Waals surface area contributed by atoms with Crippen LogP contribution in [0.1, 0.15) is 41.7 Å². The number of nitrogens with zero attached hydrogens (tertiary/aromatic N) is 2. The highest BCUT2D eigenvalue weighted by Gasteiger charge is 2.26. The van der Waals surface area contributed by atoms with E-state index < -0.39 is 5.97 Å². The van der Waals surface area contributed by atoms with E-state index in [1.54, 1.807) is 4.90 Å². The van der Waals surface area contributed by atoms with Crippen molar-refractivity contribution in [2.75, 3.05) is 13.1 Å². The minimum atomic E-state index is -0.812. The van der Waals surface area contributed by atoms with E-state index in [4.69, 9.17) is 5.11 Å². The molecular formula is C19H23N3O4. The number of nitrogens with one attached hydrogen (secondary N) is 1. The van der Waals surface area contributed by atoms with Crippen molar-refractivity contribution in [1.29, 1.82) is 0 Å². The predicted octanol–water partition coefficient (Wildman–Crippen LogP) is 2.19. The van der Waals surface area contributed by atoms with Gasteiger partial charge in [0.15, 0.2) is 0 Å². The summed E-state index contributed by atoms with van der Waals surface area (Å²) in [7, 11) is 0. The first-order chi connectivity index (χ1) is 12.4. The number of piperidine rings is 1. The number of rotatable bonds is 5. The molecule has 138 valence electrons. The quantitative estimate of drug-likeness (QED) is 0.857. The molecule has 2 aromatic rings. The molecule has 0 radical (unpaired) electrons. The predicted molar refractivity (Wildman–Crippen MR) is 96.6 cm³/mol. The van der Waals surface area contributed by atoms with Gasteiger partial charge in [-0.3, -0.25) is 19.5 Å². The van der Waals surface area contributed by atoms with Crippen LogP contribution in [0.2, 0.25) is 0 Å². The first-order valence-corrected chi connectivity index (χ1v) is 8.84. The van der Waals surface area contributed by atoms with E-state index in [1.165, 1.54) is 10.7 Å². The monoisotopic (exact) mass is 357 g/mol. The molecule has 1 atom stereocenters. The zero-order valence-corrected chi connectivity index (χ0v) is 14.8. The second-order valence-corrected chi connectivity index (χ2v) is 6.87. The van der Waals surface area contributed by atoms with Gasteiger partial charge in [-0.1, -0.05) is 17.7 Å². The normalized spacial score (nSPS) is 17.3. The van der Waals surface area contributed by atoms with Crippen LogP contribution in [-0.4, -0.2) is 44.8 Å². The number of likely N-dealkylation sites (tertiary alicyclic amines) is 1. The summed E-state index contributed by atoms with van der Waals surface area (Å²) in [6.45, 7) is 3.12. The maximum absolute atomic E-state index is 12.8. The van der Waals surface area contributed by atoms with Crippen LogP contribution in [-0.2, 0) is 4.79 Å². The smallest absolute Gasteiger partial charge is 0.303 e. The second kappa shape index (κ2) is 7.59. The van der Waals surface area contributed by atoms with Gasteiger partial charge in [-0.2, -0.15) is 0 Å². The van der Waals surface area contributed by atoms with Crippen LogP contribution < -0.4 is 5.56 Å². The van der Waals surface area contributed by atoms with Crippen molar-refractivity contribution in [3.63, 3.8) is 0 Å². The molecule has 1 unspecified atom stereocenters. The Labute approximate surface area is 151 Å². The van der Waals surface area contributed by atoms with E-state index in [2.05, 4.69) is 5.10 Å². The average molecular weight is 357 g/mol. The van der Waals surface area contributed by atoms with Crippen LogP contribution in [0.15, 0.2) is 35.1 Å². The highest BCUT2D eigenvalue weighted by molar-refractivity contribution is 5.92. The molecule has 0 saturated carbocycles. The molecule has 0 aliphatic carbocycles. The SMILES string of the molecule is Cc1ccc(-n2[nH]c(C(=O)N3CCCC(CCC(=O)O)C3)cc2=O)cc1. The molecule has 1 aliphatic rings. The maximum Gasteiger partial charge on any atom is 0.303 e. The number of carbonyl (C=O) groups is 2. The Morgan fingerprint density at radius 3 is 2.69 bits per heavy atom. The van der Waals surface area contributed by atoms with E-state index >= 15 is 0 Å². The third kappa shape index (κ3) is 4.04. The molecule has 1 fully saturated rings. The van der Waals surface area contributed by atoms with E-state index in [1.807, 2.05) is 31.2 Å². The third-order valence-electron chi connectivity index (χ3n) is 4.82. The van der Waals surface area contributed by atoms with Gasteiger partial charge in [-0.15, -0.1) is 0 Å². The minimum Gasteiger partial charge on any atom is -0.481 e. The van der Waals surface area contributed by atoms with Gasteiger partial charge in [-0.05, 0) is 44.2 Å². The first-order valence-electron chi connectivity index (χ1n) is 8.84. The van der Waals surface area contributed by atoms with Gasteiger partial charge in [-0.25, -0.2) is 4.68 Å². The molecule has 2 N–H and O–H groups in total. The number of H-pyrrole nitrogens is 1. The van der Waals surface area contributed by atoms with Crippen molar-refractivity contribution < 1.29 is 14.7 Å². The lowest BCUT2D eigenvalue weighted by Crippen LogP contribution is -2.40.